The minimum Gasteiger partial charge on any atom is -0.490 e. The van der Waals surface area contributed by atoms with Gasteiger partial charge in [0.2, 0.25) is 5.91 Å². The van der Waals surface area contributed by atoms with Gasteiger partial charge in [0.15, 0.2) is 0 Å². The normalized spacial score (nSPS) is 17.2. The summed E-state index contributed by atoms with van der Waals surface area (Å²) in [6.45, 7) is 4.58. The summed E-state index contributed by atoms with van der Waals surface area (Å²) in [5.74, 6) is 1.67. The van der Waals surface area contributed by atoms with Gasteiger partial charge in [-0.3, -0.25) is 4.79 Å². The summed E-state index contributed by atoms with van der Waals surface area (Å²) in [5, 5.41) is 16.1. The predicted molar refractivity (Wildman–Crippen MR) is 105 cm³/mol. The van der Waals surface area contributed by atoms with Crippen molar-refractivity contribution in [3.8, 4) is 5.75 Å². The number of halogens is 2. The molecule has 1 aromatic rings. The molecule has 0 aliphatic carbocycles. The number of nitrogens with one attached hydrogen (secondary N) is 2. The Bertz CT molecular complexity index is 527. The second-order valence-corrected chi connectivity index (χ2v) is 7.32. The van der Waals surface area contributed by atoms with Crippen LogP contribution in [0.2, 0.25) is 0 Å². The number of ether oxygens (including phenoxy) is 1. The number of carbonyl (C=O) groups is 1. The first-order valence-electron chi connectivity index (χ1n) is 8.59. The lowest BCUT2D eigenvalue weighted by atomic mass is 9.84. The Balaban J connectivity index is 0.00000312. The lowest BCUT2D eigenvalue weighted by molar-refractivity contribution is -0.122. The molecule has 142 valence electrons. The van der Waals surface area contributed by atoms with Crippen molar-refractivity contribution in [2.45, 2.75) is 32.3 Å². The van der Waals surface area contributed by atoms with Gasteiger partial charge in [-0.25, -0.2) is 0 Å². The topological polar surface area (TPSA) is 70.6 Å². The van der Waals surface area contributed by atoms with Gasteiger partial charge in [-0.05, 0) is 65.8 Å². The molecule has 2 atom stereocenters. The zero-order chi connectivity index (χ0) is 17.4. The first-order chi connectivity index (χ1) is 11.6. The molecule has 3 N–H and O–H groups in total. The second-order valence-electron chi connectivity index (χ2n) is 6.47. The Morgan fingerprint density at radius 3 is 2.76 bits per heavy atom. The number of rotatable bonds is 8. The van der Waals surface area contributed by atoms with Crippen LogP contribution in [0.3, 0.4) is 0 Å². The van der Waals surface area contributed by atoms with Crippen molar-refractivity contribution in [3.63, 3.8) is 0 Å². The lowest BCUT2D eigenvalue weighted by Crippen LogP contribution is -2.37. The molecule has 1 aliphatic rings. The van der Waals surface area contributed by atoms with Gasteiger partial charge in [0.25, 0.3) is 0 Å². The third kappa shape index (κ3) is 7.94. The van der Waals surface area contributed by atoms with E-state index in [1.165, 1.54) is 0 Å². The molecular weight excluding hydrogens is 408 g/mol. The quantitative estimate of drug-likeness (QED) is 0.587. The Hall–Kier alpha value is -0.820. The highest BCUT2D eigenvalue weighted by molar-refractivity contribution is 9.10. The van der Waals surface area contributed by atoms with E-state index in [1.807, 2.05) is 24.3 Å². The fourth-order valence-corrected chi connectivity index (χ4v) is 3.38. The minimum atomic E-state index is -0.727. The van der Waals surface area contributed by atoms with Crippen LogP contribution in [0.5, 0.6) is 5.75 Å². The molecule has 25 heavy (non-hydrogen) atoms. The molecule has 0 bridgehead atoms. The molecule has 1 saturated heterocycles. The van der Waals surface area contributed by atoms with E-state index in [0.29, 0.717) is 24.0 Å². The van der Waals surface area contributed by atoms with Crippen molar-refractivity contribution in [3.05, 3.63) is 28.7 Å². The molecule has 2 unspecified atom stereocenters. The highest BCUT2D eigenvalue weighted by atomic mass is 79.9. The molecule has 0 aromatic heterocycles. The number of hydrogen-bond donors (Lipinski definition) is 3. The van der Waals surface area contributed by atoms with Crippen molar-refractivity contribution in [1.82, 2.24) is 10.6 Å². The summed E-state index contributed by atoms with van der Waals surface area (Å²) in [6, 6.07) is 7.48. The molecule has 1 aliphatic heterocycles. The van der Waals surface area contributed by atoms with Crippen LogP contribution < -0.4 is 15.4 Å². The first-order valence-corrected chi connectivity index (χ1v) is 9.38. The van der Waals surface area contributed by atoms with E-state index in [2.05, 4.69) is 33.5 Å². The van der Waals surface area contributed by atoms with Crippen LogP contribution in [0.4, 0.5) is 0 Å². The van der Waals surface area contributed by atoms with Gasteiger partial charge in [0, 0.05) is 13.0 Å². The fraction of sp³-hybridized carbons (Fsp3) is 0.611. The number of aliphatic hydroxyl groups is 1. The number of benzene rings is 1. The highest BCUT2D eigenvalue weighted by Gasteiger charge is 2.22. The van der Waals surface area contributed by atoms with Gasteiger partial charge >= 0.3 is 0 Å². The molecule has 0 radical (unpaired) electrons. The largest absolute Gasteiger partial charge is 0.490 e. The third-order valence-corrected chi connectivity index (χ3v) is 5.15. The zero-order valence-electron chi connectivity index (χ0n) is 14.5. The molecule has 1 heterocycles. The molecule has 7 heteroatoms. The van der Waals surface area contributed by atoms with Crippen molar-refractivity contribution in [2.24, 2.45) is 11.8 Å². The van der Waals surface area contributed by atoms with E-state index in [1.54, 1.807) is 0 Å². The Kier molecular flexibility index (Phi) is 10.4. The maximum Gasteiger partial charge on any atom is 0.220 e. The summed E-state index contributed by atoms with van der Waals surface area (Å²) in [6.07, 6.45) is 2.06. The maximum absolute atomic E-state index is 12.0. The van der Waals surface area contributed by atoms with Crippen molar-refractivity contribution in [2.75, 3.05) is 26.2 Å². The van der Waals surface area contributed by atoms with Crippen molar-refractivity contribution in [1.29, 1.82) is 0 Å². The van der Waals surface area contributed by atoms with Crippen LogP contribution in [0.25, 0.3) is 0 Å². The molecule has 1 aromatic carbocycles. The van der Waals surface area contributed by atoms with Crippen molar-refractivity contribution < 1.29 is 14.6 Å². The summed E-state index contributed by atoms with van der Waals surface area (Å²) in [4.78, 5) is 12.0. The summed E-state index contributed by atoms with van der Waals surface area (Å²) < 4.78 is 6.40. The Labute approximate surface area is 164 Å². The van der Waals surface area contributed by atoms with Crippen molar-refractivity contribution >= 4 is 34.2 Å². The average Bonchev–Trinajstić information content (AvgIpc) is 2.60. The SMILES string of the molecule is CC(CC(=O)NCC(O)COc1ccccc1Br)C1CCNCC1.Cl. The molecule has 1 fully saturated rings. The molecule has 5 nitrogen and oxygen atoms in total. The smallest absolute Gasteiger partial charge is 0.220 e. The van der Waals surface area contributed by atoms with E-state index >= 15 is 0 Å². The predicted octanol–water partition coefficient (Wildman–Crippen LogP) is 2.75. The van der Waals surface area contributed by atoms with Crippen LogP contribution in [0.1, 0.15) is 26.2 Å². The van der Waals surface area contributed by atoms with Crippen LogP contribution in [0.15, 0.2) is 28.7 Å². The van der Waals surface area contributed by atoms with E-state index in [4.69, 9.17) is 4.74 Å². The minimum absolute atomic E-state index is 0. The molecular formula is C18H28BrClN2O3. The van der Waals surface area contributed by atoms with Gasteiger partial charge in [-0.15, -0.1) is 12.4 Å². The van der Waals surface area contributed by atoms with E-state index in [9.17, 15) is 9.90 Å². The Morgan fingerprint density at radius 2 is 2.08 bits per heavy atom. The molecule has 1 amide bonds. The fourth-order valence-electron chi connectivity index (χ4n) is 2.98. The summed E-state index contributed by atoms with van der Waals surface area (Å²) in [7, 11) is 0. The van der Waals surface area contributed by atoms with E-state index < -0.39 is 6.10 Å². The van der Waals surface area contributed by atoms with Crippen LogP contribution in [-0.2, 0) is 4.79 Å². The number of carbonyl (C=O) groups excluding carboxylic acids is 1. The van der Waals surface area contributed by atoms with Crippen LogP contribution in [-0.4, -0.2) is 43.4 Å². The number of para-hydroxylation sites is 1. The number of piperidine rings is 1. The highest BCUT2D eigenvalue weighted by Crippen LogP contribution is 2.24. The van der Waals surface area contributed by atoms with Gasteiger partial charge in [-0.1, -0.05) is 19.1 Å². The molecule has 0 spiro atoms. The van der Waals surface area contributed by atoms with Crippen LogP contribution in [0, 0.1) is 11.8 Å². The number of hydrogen-bond acceptors (Lipinski definition) is 4. The van der Waals surface area contributed by atoms with Gasteiger partial charge in [-0.2, -0.15) is 0 Å². The Morgan fingerprint density at radius 1 is 1.40 bits per heavy atom. The summed E-state index contributed by atoms with van der Waals surface area (Å²) >= 11 is 3.39. The standard InChI is InChI=1S/C18H27BrN2O3.ClH/c1-13(14-6-8-20-9-7-14)10-18(23)21-11-15(22)12-24-17-5-3-2-4-16(17)19;/h2-5,13-15,20,22H,6-12H2,1H3,(H,21,23);1H. The monoisotopic (exact) mass is 434 g/mol. The maximum atomic E-state index is 12.0. The number of aliphatic hydroxyl groups excluding tert-OH is 1. The average molecular weight is 436 g/mol. The zero-order valence-corrected chi connectivity index (χ0v) is 16.9. The third-order valence-electron chi connectivity index (χ3n) is 4.50. The van der Waals surface area contributed by atoms with E-state index in [0.717, 1.165) is 30.4 Å². The van der Waals surface area contributed by atoms with Gasteiger partial charge in [0.1, 0.15) is 18.5 Å². The number of amides is 1. The molecule has 0 saturated carbocycles. The van der Waals surface area contributed by atoms with Crippen LogP contribution >= 0.6 is 28.3 Å². The van der Waals surface area contributed by atoms with Gasteiger partial charge in [0.05, 0.1) is 4.47 Å². The first kappa shape index (κ1) is 22.2. The second kappa shape index (κ2) is 11.7. The summed E-state index contributed by atoms with van der Waals surface area (Å²) in [5.41, 5.74) is 0. The van der Waals surface area contributed by atoms with Gasteiger partial charge < -0.3 is 20.5 Å². The van der Waals surface area contributed by atoms with E-state index in [-0.39, 0.29) is 31.5 Å². The lowest BCUT2D eigenvalue weighted by Gasteiger charge is -2.28. The molecule has 2 rings (SSSR count).